The standard InChI is InChI=1S/C16H34N4O/c1-13(2)12-20(11-10-19(4)5)9-8-16(3,15(17)21)18-14-6-7-14/h13-14,18H,6-12H2,1-5H3,(H2,17,21). The maximum Gasteiger partial charge on any atom is 0.237 e. The Morgan fingerprint density at radius 2 is 1.90 bits per heavy atom. The fourth-order valence-electron chi connectivity index (χ4n) is 2.48. The van der Waals surface area contributed by atoms with Crippen molar-refractivity contribution in [2.75, 3.05) is 40.3 Å². The van der Waals surface area contributed by atoms with E-state index in [2.05, 4.69) is 43.1 Å². The Kier molecular flexibility index (Phi) is 7.10. The molecular formula is C16H34N4O. The Bertz CT molecular complexity index is 328. The Morgan fingerprint density at radius 1 is 1.29 bits per heavy atom. The van der Waals surface area contributed by atoms with Crippen molar-refractivity contribution in [1.29, 1.82) is 0 Å². The fourth-order valence-corrected chi connectivity index (χ4v) is 2.48. The molecule has 5 heteroatoms. The van der Waals surface area contributed by atoms with Crippen molar-refractivity contribution in [1.82, 2.24) is 15.1 Å². The number of likely N-dealkylation sites (N-methyl/N-ethyl adjacent to an activating group) is 1. The van der Waals surface area contributed by atoms with Gasteiger partial charge in [-0.25, -0.2) is 0 Å². The van der Waals surface area contributed by atoms with Gasteiger partial charge < -0.3 is 20.9 Å². The van der Waals surface area contributed by atoms with E-state index in [1.165, 1.54) is 12.8 Å². The Morgan fingerprint density at radius 3 is 2.33 bits per heavy atom. The van der Waals surface area contributed by atoms with Crippen molar-refractivity contribution >= 4 is 5.91 Å². The van der Waals surface area contributed by atoms with Gasteiger partial charge >= 0.3 is 0 Å². The van der Waals surface area contributed by atoms with Crippen LogP contribution in [0.3, 0.4) is 0 Å². The third kappa shape index (κ3) is 7.25. The first kappa shape index (κ1) is 18.4. The highest BCUT2D eigenvalue weighted by Crippen LogP contribution is 2.24. The number of rotatable bonds is 11. The van der Waals surface area contributed by atoms with Gasteiger partial charge in [-0.05, 0) is 46.2 Å². The summed E-state index contributed by atoms with van der Waals surface area (Å²) in [4.78, 5) is 16.5. The van der Waals surface area contributed by atoms with E-state index in [4.69, 9.17) is 5.73 Å². The summed E-state index contributed by atoms with van der Waals surface area (Å²) in [5, 5.41) is 3.43. The van der Waals surface area contributed by atoms with Gasteiger partial charge in [0, 0.05) is 32.2 Å². The molecule has 0 aromatic heterocycles. The summed E-state index contributed by atoms with van der Waals surface area (Å²) in [5.74, 6) is 0.398. The lowest BCUT2D eigenvalue weighted by Crippen LogP contribution is -2.55. The van der Waals surface area contributed by atoms with Gasteiger partial charge in [0.1, 0.15) is 0 Å². The van der Waals surface area contributed by atoms with Gasteiger partial charge in [0.15, 0.2) is 0 Å². The summed E-state index contributed by atoms with van der Waals surface area (Å²) in [5.41, 5.74) is 5.05. The molecule has 3 N–H and O–H groups in total. The van der Waals surface area contributed by atoms with E-state index in [0.29, 0.717) is 12.0 Å². The van der Waals surface area contributed by atoms with Crippen LogP contribution in [0.2, 0.25) is 0 Å². The summed E-state index contributed by atoms with van der Waals surface area (Å²) in [6.07, 6.45) is 3.11. The molecule has 0 bridgehead atoms. The average molecular weight is 298 g/mol. The van der Waals surface area contributed by atoms with Crippen LogP contribution in [0.25, 0.3) is 0 Å². The zero-order chi connectivity index (χ0) is 16.0. The smallest absolute Gasteiger partial charge is 0.237 e. The highest BCUT2D eigenvalue weighted by molar-refractivity contribution is 5.84. The molecule has 124 valence electrons. The highest BCUT2D eigenvalue weighted by Gasteiger charge is 2.36. The van der Waals surface area contributed by atoms with Crippen molar-refractivity contribution in [2.24, 2.45) is 11.7 Å². The number of hydrogen-bond donors (Lipinski definition) is 2. The molecule has 0 aromatic rings. The lowest BCUT2D eigenvalue weighted by Gasteiger charge is -2.32. The maximum atomic E-state index is 11.8. The molecule has 1 unspecified atom stereocenters. The van der Waals surface area contributed by atoms with E-state index in [-0.39, 0.29) is 5.91 Å². The topological polar surface area (TPSA) is 61.6 Å². The van der Waals surface area contributed by atoms with Crippen molar-refractivity contribution in [3.63, 3.8) is 0 Å². The maximum absolute atomic E-state index is 11.8. The molecule has 1 rings (SSSR count). The van der Waals surface area contributed by atoms with E-state index in [1.807, 2.05) is 6.92 Å². The second-order valence-corrected chi connectivity index (χ2v) is 7.36. The summed E-state index contributed by atoms with van der Waals surface area (Å²) < 4.78 is 0. The summed E-state index contributed by atoms with van der Waals surface area (Å²) >= 11 is 0. The number of primary amides is 1. The van der Waals surface area contributed by atoms with Crippen molar-refractivity contribution in [3.05, 3.63) is 0 Å². The second kappa shape index (κ2) is 8.11. The Labute approximate surface area is 130 Å². The van der Waals surface area contributed by atoms with Gasteiger partial charge in [0.2, 0.25) is 5.91 Å². The van der Waals surface area contributed by atoms with Gasteiger partial charge in [-0.15, -0.1) is 0 Å². The van der Waals surface area contributed by atoms with Crippen molar-refractivity contribution in [2.45, 2.75) is 51.6 Å². The number of amides is 1. The van der Waals surface area contributed by atoms with E-state index >= 15 is 0 Å². The minimum Gasteiger partial charge on any atom is -0.368 e. The molecule has 0 spiro atoms. The summed E-state index contributed by atoms with van der Waals surface area (Å²) in [6.45, 7) is 10.5. The van der Waals surface area contributed by atoms with Gasteiger partial charge in [0.05, 0.1) is 5.54 Å². The minimum atomic E-state index is -0.575. The number of hydrogen-bond acceptors (Lipinski definition) is 4. The van der Waals surface area contributed by atoms with Gasteiger partial charge in [0.25, 0.3) is 0 Å². The number of nitrogens with two attached hydrogens (primary N) is 1. The van der Waals surface area contributed by atoms with E-state index in [1.54, 1.807) is 0 Å². The molecule has 1 amide bonds. The molecule has 0 heterocycles. The van der Waals surface area contributed by atoms with Crippen LogP contribution in [0.15, 0.2) is 0 Å². The molecule has 0 aromatic carbocycles. The predicted molar refractivity (Wildman–Crippen MR) is 88.2 cm³/mol. The number of nitrogens with zero attached hydrogens (tertiary/aromatic N) is 2. The zero-order valence-corrected chi connectivity index (χ0v) is 14.5. The van der Waals surface area contributed by atoms with Crippen LogP contribution in [-0.2, 0) is 4.79 Å². The van der Waals surface area contributed by atoms with E-state index in [9.17, 15) is 4.79 Å². The van der Waals surface area contributed by atoms with Gasteiger partial charge in [-0.2, -0.15) is 0 Å². The van der Waals surface area contributed by atoms with Crippen LogP contribution in [-0.4, -0.2) is 67.6 Å². The van der Waals surface area contributed by atoms with Crippen LogP contribution >= 0.6 is 0 Å². The quantitative estimate of drug-likeness (QED) is 0.595. The molecule has 1 fully saturated rings. The van der Waals surface area contributed by atoms with Gasteiger partial charge in [-0.1, -0.05) is 13.8 Å². The monoisotopic (exact) mass is 298 g/mol. The van der Waals surface area contributed by atoms with E-state index < -0.39 is 5.54 Å². The second-order valence-electron chi connectivity index (χ2n) is 7.36. The van der Waals surface area contributed by atoms with Crippen LogP contribution in [0.4, 0.5) is 0 Å². The zero-order valence-electron chi connectivity index (χ0n) is 14.5. The van der Waals surface area contributed by atoms with Crippen LogP contribution < -0.4 is 11.1 Å². The molecule has 5 nitrogen and oxygen atoms in total. The molecule has 1 atom stereocenters. The minimum absolute atomic E-state index is 0.230. The summed E-state index contributed by atoms with van der Waals surface area (Å²) in [6, 6.07) is 0.489. The predicted octanol–water partition coefficient (Wildman–Crippen LogP) is 0.892. The number of nitrogens with one attached hydrogen (secondary N) is 1. The van der Waals surface area contributed by atoms with Crippen LogP contribution in [0.5, 0.6) is 0 Å². The first-order chi connectivity index (χ1) is 9.73. The molecule has 0 aliphatic heterocycles. The molecule has 1 aliphatic rings. The lowest BCUT2D eigenvalue weighted by molar-refractivity contribution is -0.124. The normalized spacial score (nSPS) is 18.5. The first-order valence-corrected chi connectivity index (χ1v) is 8.17. The lowest BCUT2D eigenvalue weighted by atomic mass is 9.96. The Balaban J connectivity index is 2.52. The van der Waals surface area contributed by atoms with Crippen molar-refractivity contribution in [3.8, 4) is 0 Å². The number of carbonyl (C=O) groups excluding carboxylic acids is 1. The first-order valence-electron chi connectivity index (χ1n) is 8.17. The average Bonchev–Trinajstić information content (AvgIpc) is 3.15. The Hall–Kier alpha value is -0.650. The molecular weight excluding hydrogens is 264 g/mol. The van der Waals surface area contributed by atoms with Crippen LogP contribution in [0, 0.1) is 5.92 Å². The highest BCUT2D eigenvalue weighted by atomic mass is 16.1. The molecule has 1 saturated carbocycles. The molecule has 0 radical (unpaired) electrons. The SMILES string of the molecule is CC(C)CN(CCN(C)C)CCC(C)(NC1CC1)C(N)=O. The van der Waals surface area contributed by atoms with Gasteiger partial charge in [-0.3, -0.25) is 4.79 Å². The van der Waals surface area contributed by atoms with Crippen LogP contribution in [0.1, 0.15) is 40.0 Å². The summed E-state index contributed by atoms with van der Waals surface area (Å²) in [7, 11) is 4.19. The van der Waals surface area contributed by atoms with E-state index in [0.717, 1.165) is 32.6 Å². The third-order valence-corrected chi connectivity index (χ3v) is 4.06. The largest absolute Gasteiger partial charge is 0.368 e. The number of carbonyl (C=O) groups is 1. The third-order valence-electron chi connectivity index (χ3n) is 4.06. The molecule has 0 saturated heterocycles. The fraction of sp³-hybridized carbons (Fsp3) is 0.938. The van der Waals surface area contributed by atoms with Crippen molar-refractivity contribution < 1.29 is 4.79 Å². The molecule has 1 aliphatic carbocycles. The molecule has 21 heavy (non-hydrogen) atoms.